The molecule has 2 heterocycles. The van der Waals surface area contributed by atoms with E-state index in [1.165, 1.54) is 0 Å². The first-order chi connectivity index (χ1) is 13.7. The molecule has 0 aliphatic carbocycles. The molecule has 2 aromatic carbocycles. The average Bonchev–Trinajstić information content (AvgIpc) is 2.74. The third-order valence-corrected chi connectivity index (χ3v) is 6.18. The number of carbonyl (C=O) groups is 1. The minimum Gasteiger partial charge on any atom is -0.495 e. The number of nitrogens with one attached hydrogen (secondary N) is 1. The minimum atomic E-state index is 0.0440. The van der Waals surface area contributed by atoms with Gasteiger partial charge in [0.05, 0.1) is 29.1 Å². The van der Waals surface area contributed by atoms with Crippen molar-refractivity contribution < 1.29 is 14.3 Å². The van der Waals surface area contributed by atoms with Crippen LogP contribution in [0.15, 0.2) is 47.4 Å². The van der Waals surface area contributed by atoms with E-state index in [0.717, 1.165) is 60.5 Å². The predicted molar refractivity (Wildman–Crippen MR) is 113 cm³/mol. The van der Waals surface area contributed by atoms with E-state index in [2.05, 4.69) is 27.2 Å². The van der Waals surface area contributed by atoms with Crippen molar-refractivity contribution in [2.45, 2.75) is 4.90 Å². The Morgan fingerprint density at radius 1 is 1.04 bits per heavy atom. The summed E-state index contributed by atoms with van der Waals surface area (Å²) in [6.07, 6.45) is 0. The molecule has 1 fully saturated rings. The van der Waals surface area contributed by atoms with Crippen LogP contribution in [0.3, 0.4) is 0 Å². The molecule has 2 aliphatic rings. The number of benzene rings is 2. The lowest BCUT2D eigenvalue weighted by molar-refractivity contribution is -0.113. The molecular formula is C21H25N3O3S. The molecule has 0 aromatic heterocycles. The topological polar surface area (TPSA) is 54.0 Å². The van der Waals surface area contributed by atoms with Gasteiger partial charge in [-0.25, -0.2) is 0 Å². The van der Waals surface area contributed by atoms with Gasteiger partial charge in [0.15, 0.2) is 0 Å². The van der Waals surface area contributed by atoms with Crippen LogP contribution in [0.4, 0.5) is 11.4 Å². The number of hydrogen-bond donors (Lipinski definition) is 1. The predicted octanol–water partition coefficient (Wildman–Crippen LogP) is 2.94. The number of thioether (sulfide) groups is 1. The van der Waals surface area contributed by atoms with Gasteiger partial charge < -0.3 is 19.7 Å². The molecule has 0 spiro atoms. The van der Waals surface area contributed by atoms with Crippen LogP contribution in [0.1, 0.15) is 0 Å². The van der Waals surface area contributed by atoms with E-state index in [9.17, 15) is 4.79 Å². The van der Waals surface area contributed by atoms with Crippen molar-refractivity contribution in [1.82, 2.24) is 4.90 Å². The van der Waals surface area contributed by atoms with Crippen LogP contribution in [0.2, 0.25) is 0 Å². The van der Waals surface area contributed by atoms with Gasteiger partial charge in [0.25, 0.3) is 0 Å². The Morgan fingerprint density at radius 3 is 2.64 bits per heavy atom. The Bertz CT molecular complexity index is 837. The van der Waals surface area contributed by atoms with E-state index >= 15 is 0 Å². The number of piperazine rings is 1. The summed E-state index contributed by atoms with van der Waals surface area (Å²) < 4.78 is 11.5. The summed E-state index contributed by atoms with van der Waals surface area (Å²) >= 11 is 1.54. The van der Waals surface area contributed by atoms with Crippen molar-refractivity contribution in [2.75, 3.05) is 62.4 Å². The number of para-hydroxylation sites is 2. The van der Waals surface area contributed by atoms with E-state index < -0.39 is 0 Å². The molecule has 6 nitrogen and oxygen atoms in total. The first-order valence-corrected chi connectivity index (χ1v) is 10.5. The van der Waals surface area contributed by atoms with Gasteiger partial charge >= 0.3 is 0 Å². The number of anilines is 2. The second-order valence-electron chi connectivity index (χ2n) is 6.82. The maximum absolute atomic E-state index is 11.5. The number of hydrogen-bond acceptors (Lipinski definition) is 6. The molecule has 0 saturated carbocycles. The van der Waals surface area contributed by atoms with Crippen molar-refractivity contribution in [1.29, 1.82) is 0 Å². The minimum absolute atomic E-state index is 0.0440. The fraction of sp³-hybridized carbons (Fsp3) is 0.381. The molecule has 0 bridgehead atoms. The van der Waals surface area contributed by atoms with Crippen molar-refractivity contribution in [2.24, 2.45) is 0 Å². The van der Waals surface area contributed by atoms with E-state index in [4.69, 9.17) is 9.47 Å². The van der Waals surface area contributed by atoms with Crippen LogP contribution in [0.5, 0.6) is 11.5 Å². The molecule has 28 heavy (non-hydrogen) atoms. The molecule has 0 unspecified atom stereocenters. The molecule has 2 aliphatic heterocycles. The zero-order chi connectivity index (χ0) is 19.3. The summed E-state index contributed by atoms with van der Waals surface area (Å²) in [5.74, 6) is 2.27. The van der Waals surface area contributed by atoms with Gasteiger partial charge in [-0.15, -0.1) is 11.8 Å². The molecule has 7 heteroatoms. The second kappa shape index (κ2) is 8.75. The van der Waals surface area contributed by atoms with Crippen LogP contribution in [-0.2, 0) is 4.79 Å². The van der Waals surface area contributed by atoms with E-state index in [1.807, 2.05) is 30.3 Å². The van der Waals surface area contributed by atoms with Gasteiger partial charge in [0.2, 0.25) is 5.91 Å². The monoisotopic (exact) mass is 399 g/mol. The second-order valence-corrected chi connectivity index (χ2v) is 7.80. The van der Waals surface area contributed by atoms with Crippen molar-refractivity contribution >= 4 is 29.0 Å². The van der Waals surface area contributed by atoms with Crippen molar-refractivity contribution in [3.05, 3.63) is 42.5 Å². The zero-order valence-electron chi connectivity index (χ0n) is 16.0. The zero-order valence-corrected chi connectivity index (χ0v) is 16.8. The van der Waals surface area contributed by atoms with Crippen LogP contribution >= 0.6 is 11.8 Å². The smallest absolute Gasteiger partial charge is 0.234 e. The van der Waals surface area contributed by atoms with Gasteiger partial charge in [-0.05, 0) is 24.3 Å². The number of nitrogens with zero attached hydrogens (tertiary/aromatic N) is 2. The van der Waals surface area contributed by atoms with Crippen LogP contribution in [-0.4, -0.2) is 63.0 Å². The fourth-order valence-corrected chi connectivity index (χ4v) is 4.48. The Kier molecular flexibility index (Phi) is 5.92. The Labute approximate surface area is 169 Å². The lowest BCUT2D eigenvalue weighted by Gasteiger charge is -2.36. The SMILES string of the molecule is COc1ccccc1N1CCN(CCOc2cccc3c2SCC(=O)N3)CC1. The standard InChI is InChI=1S/C21H25N3O3S/c1-26-18-7-3-2-6-17(18)24-11-9-23(10-12-24)13-14-27-19-8-4-5-16-21(19)28-15-20(25)22-16/h2-8H,9-15H2,1H3,(H,22,25). The Morgan fingerprint density at radius 2 is 1.82 bits per heavy atom. The number of rotatable bonds is 6. The van der Waals surface area contributed by atoms with Crippen LogP contribution in [0, 0.1) is 0 Å². The average molecular weight is 400 g/mol. The molecule has 0 radical (unpaired) electrons. The first-order valence-electron chi connectivity index (χ1n) is 9.53. The van der Waals surface area contributed by atoms with Crippen LogP contribution < -0.4 is 19.7 Å². The van der Waals surface area contributed by atoms with Gasteiger partial charge in [-0.1, -0.05) is 18.2 Å². The Hall–Kier alpha value is -2.38. The van der Waals surface area contributed by atoms with Crippen molar-refractivity contribution in [3.63, 3.8) is 0 Å². The lowest BCUT2D eigenvalue weighted by Crippen LogP contribution is -2.47. The Balaban J connectivity index is 1.28. The molecule has 2 aromatic rings. The van der Waals surface area contributed by atoms with Crippen LogP contribution in [0.25, 0.3) is 0 Å². The highest BCUT2D eigenvalue weighted by Crippen LogP contribution is 2.38. The molecule has 148 valence electrons. The van der Waals surface area contributed by atoms with Gasteiger partial charge in [0.1, 0.15) is 18.1 Å². The summed E-state index contributed by atoms with van der Waals surface area (Å²) in [5, 5.41) is 2.90. The normalized spacial score (nSPS) is 17.0. The van der Waals surface area contributed by atoms with Gasteiger partial charge in [-0.3, -0.25) is 9.69 Å². The molecule has 1 amide bonds. The largest absolute Gasteiger partial charge is 0.495 e. The van der Waals surface area contributed by atoms with E-state index in [0.29, 0.717) is 12.4 Å². The van der Waals surface area contributed by atoms with Crippen molar-refractivity contribution in [3.8, 4) is 11.5 Å². The summed E-state index contributed by atoms with van der Waals surface area (Å²) in [6.45, 7) is 5.48. The number of fused-ring (bicyclic) bond motifs is 1. The number of amides is 1. The van der Waals surface area contributed by atoms with Gasteiger partial charge in [0, 0.05) is 32.7 Å². The highest BCUT2D eigenvalue weighted by molar-refractivity contribution is 8.00. The molecule has 0 atom stereocenters. The molecular weight excluding hydrogens is 374 g/mol. The summed E-state index contributed by atoms with van der Waals surface area (Å²) in [7, 11) is 1.72. The number of ether oxygens (including phenoxy) is 2. The first kappa shape index (κ1) is 19.0. The maximum atomic E-state index is 11.5. The fourth-order valence-electron chi connectivity index (χ4n) is 3.59. The number of carbonyl (C=O) groups excluding carboxylic acids is 1. The highest BCUT2D eigenvalue weighted by atomic mass is 32.2. The highest BCUT2D eigenvalue weighted by Gasteiger charge is 2.21. The molecule has 1 N–H and O–H groups in total. The molecule has 4 rings (SSSR count). The quantitative estimate of drug-likeness (QED) is 0.806. The summed E-state index contributed by atoms with van der Waals surface area (Å²) in [4.78, 5) is 17.4. The van der Waals surface area contributed by atoms with Gasteiger partial charge in [-0.2, -0.15) is 0 Å². The maximum Gasteiger partial charge on any atom is 0.234 e. The number of methoxy groups -OCH3 is 1. The third kappa shape index (κ3) is 4.20. The summed E-state index contributed by atoms with van der Waals surface area (Å²) in [5.41, 5.74) is 2.01. The van der Waals surface area contributed by atoms with E-state index in [-0.39, 0.29) is 5.91 Å². The summed E-state index contributed by atoms with van der Waals surface area (Å²) in [6, 6.07) is 14.0. The lowest BCUT2D eigenvalue weighted by atomic mass is 10.2. The third-order valence-electron chi connectivity index (χ3n) is 5.06. The molecule has 1 saturated heterocycles. The van der Waals surface area contributed by atoms with E-state index in [1.54, 1.807) is 18.9 Å².